The van der Waals surface area contributed by atoms with Gasteiger partial charge < -0.3 is 10.0 Å². The van der Waals surface area contributed by atoms with Gasteiger partial charge in [-0.15, -0.1) is 0 Å². The van der Waals surface area contributed by atoms with Crippen LogP contribution in [0.25, 0.3) is 0 Å². The van der Waals surface area contributed by atoms with E-state index in [1.54, 1.807) is 0 Å². The Morgan fingerprint density at radius 2 is 2.33 bits per heavy atom. The molecule has 1 aliphatic rings. The number of piperidine rings is 1. The van der Waals surface area contributed by atoms with E-state index < -0.39 is 0 Å². The molecule has 12 heavy (non-hydrogen) atoms. The highest BCUT2D eigenvalue weighted by atomic mass is 16.3. The van der Waals surface area contributed by atoms with Gasteiger partial charge >= 0.3 is 0 Å². The van der Waals surface area contributed by atoms with Crippen molar-refractivity contribution < 1.29 is 5.11 Å². The predicted octanol–water partition coefficient (Wildman–Crippen LogP) is 1.49. The summed E-state index contributed by atoms with van der Waals surface area (Å²) in [7, 11) is 0. The summed E-state index contributed by atoms with van der Waals surface area (Å²) < 4.78 is 0. The Hall–Kier alpha value is -0.0800. The maximum absolute atomic E-state index is 9.44. The smallest absolute Gasteiger partial charge is 0.0552 e. The molecule has 0 aromatic carbocycles. The molecule has 72 valence electrons. The van der Waals surface area contributed by atoms with Gasteiger partial charge in [0.15, 0.2) is 0 Å². The van der Waals surface area contributed by atoms with Crippen LogP contribution in [0.5, 0.6) is 0 Å². The lowest BCUT2D eigenvalue weighted by Crippen LogP contribution is -2.39. The van der Waals surface area contributed by atoms with E-state index in [1.807, 2.05) is 6.92 Å². The molecule has 1 rings (SSSR count). The van der Waals surface area contributed by atoms with Crippen molar-refractivity contribution in [3.63, 3.8) is 0 Å². The molecule has 0 amide bonds. The topological polar surface area (TPSA) is 23.5 Å². The molecule has 2 heteroatoms. The quantitative estimate of drug-likeness (QED) is 0.695. The maximum Gasteiger partial charge on any atom is 0.0552 e. The van der Waals surface area contributed by atoms with Gasteiger partial charge in [0.05, 0.1) is 6.10 Å². The van der Waals surface area contributed by atoms with Crippen molar-refractivity contribution >= 4 is 0 Å². The second kappa shape index (κ2) is 4.83. The van der Waals surface area contributed by atoms with Gasteiger partial charge in [-0.05, 0) is 45.2 Å². The standard InChI is InChI=1S/C10H21NO/c1-3-6-11-7-4-5-10(8-11)9(2)12/h9-10,12H,3-8H2,1-2H3/t9-,10+/m0/s1. The molecule has 0 radical (unpaired) electrons. The van der Waals surface area contributed by atoms with Crippen molar-refractivity contribution in [2.75, 3.05) is 19.6 Å². The Kier molecular flexibility index (Phi) is 4.02. The SMILES string of the molecule is CCCN1CCC[C@@H]([C@H](C)O)C1. The third-order valence-corrected chi connectivity index (χ3v) is 2.76. The first kappa shape index (κ1) is 10.0. The number of likely N-dealkylation sites (tertiary alicyclic amines) is 1. The number of aliphatic hydroxyl groups excluding tert-OH is 1. The highest BCUT2D eigenvalue weighted by Gasteiger charge is 2.22. The average Bonchev–Trinajstić information content (AvgIpc) is 2.05. The number of hydrogen-bond donors (Lipinski definition) is 1. The summed E-state index contributed by atoms with van der Waals surface area (Å²) in [5.74, 6) is 0.519. The summed E-state index contributed by atoms with van der Waals surface area (Å²) in [6.07, 6.45) is 3.57. The molecule has 1 saturated heterocycles. The van der Waals surface area contributed by atoms with Gasteiger partial charge in [0.25, 0.3) is 0 Å². The van der Waals surface area contributed by atoms with Crippen molar-refractivity contribution in [2.45, 2.75) is 39.2 Å². The summed E-state index contributed by atoms with van der Waals surface area (Å²) in [4.78, 5) is 2.47. The van der Waals surface area contributed by atoms with Crippen molar-refractivity contribution in [2.24, 2.45) is 5.92 Å². The average molecular weight is 171 g/mol. The van der Waals surface area contributed by atoms with Gasteiger partial charge in [-0.2, -0.15) is 0 Å². The molecule has 0 aliphatic carbocycles. The Morgan fingerprint density at radius 1 is 1.58 bits per heavy atom. The van der Waals surface area contributed by atoms with Crippen LogP contribution in [0, 0.1) is 5.92 Å². The minimum Gasteiger partial charge on any atom is -0.393 e. The highest BCUT2D eigenvalue weighted by molar-refractivity contribution is 4.75. The summed E-state index contributed by atoms with van der Waals surface area (Å²) in [5, 5.41) is 9.44. The lowest BCUT2D eigenvalue weighted by Gasteiger charge is -2.33. The van der Waals surface area contributed by atoms with Crippen LogP contribution < -0.4 is 0 Å². The van der Waals surface area contributed by atoms with E-state index >= 15 is 0 Å². The Morgan fingerprint density at radius 3 is 2.92 bits per heavy atom. The fourth-order valence-corrected chi connectivity index (χ4v) is 2.00. The van der Waals surface area contributed by atoms with Crippen molar-refractivity contribution in [1.82, 2.24) is 4.90 Å². The Balaban J connectivity index is 2.30. The number of hydrogen-bond acceptors (Lipinski definition) is 2. The Labute approximate surface area is 75.6 Å². The Bertz CT molecular complexity index is 123. The normalized spacial score (nSPS) is 28.8. The van der Waals surface area contributed by atoms with E-state index in [9.17, 15) is 5.11 Å². The van der Waals surface area contributed by atoms with Gasteiger partial charge in [-0.3, -0.25) is 0 Å². The largest absolute Gasteiger partial charge is 0.393 e. The molecular formula is C10H21NO. The molecule has 0 bridgehead atoms. The van der Waals surface area contributed by atoms with Crippen LogP contribution in [0.2, 0.25) is 0 Å². The fraction of sp³-hybridized carbons (Fsp3) is 1.00. The number of aliphatic hydroxyl groups is 1. The summed E-state index contributed by atoms with van der Waals surface area (Å²) in [6, 6.07) is 0. The van der Waals surface area contributed by atoms with E-state index in [1.165, 1.54) is 32.4 Å². The zero-order chi connectivity index (χ0) is 8.97. The van der Waals surface area contributed by atoms with E-state index in [0.29, 0.717) is 5.92 Å². The molecule has 1 aliphatic heterocycles. The lowest BCUT2D eigenvalue weighted by atomic mass is 9.93. The van der Waals surface area contributed by atoms with Crippen LogP contribution in [0.15, 0.2) is 0 Å². The zero-order valence-corrected chi connectivity index (χ0v) is 8.29. The van der Waals surface area contributed by atoms with Crippen LogP contribution in [-0.4, -0.2) is 35.7 Å². The molecule has 0 saturated carbocycles. The van der Waals surface area contributed by atoms with E-state index in [4.69, 9.17) is 0 Å². The van der Waals surface area contributed by atoms with Gasteiger partial charge in [0.2, 0.25) is 0 Å². The molecule has 0 aromatic rings. The second-order valence-corrected chi connectivity index (χ2v) is 3.94. The van der Waals surface area contributed by atoms with Crippen molar-refractivity contribution in [3.8, 4) is 0 Å². The summed E-state index contributed by atoms with van der Waals surface area (Å²) >= 11 is 0. The van der Waals surface area contributed by atoms with Gasteiger partial charge in [0.1, 0.15) is 0 Å². The van der Waals surface area contributed by atoms with Crippen LogP contribution in [-0.2, 0) is 0 Å². The van der Waals surface area contributed by atoms with Crippen LogP contribution in [0.4, 0.5) is 0 Å². The monoisotopic (exact) mass is 171 g/mol. The first-order valence-corrected chi connectivity index (χ1v) is 5.14. The van der Waals surface area contributed by atoms with Gasteiger partial charge in [0, 0.05) is 6.54 Å². The third kappa shape index (κ3) is 2.76. The van der Waals surface area contributed by atoms with E-state index in [0.717, 1.165) is 6.54 Å². The van der Waals surface area contributed by atoms with Crippen molar-refractivity contribution in [1.29, 1.82) is 0 Å². The molecule has 0 unspecified atom stereocenters. The minimum atomic E-state index is -0.121. The van der Waals surface area contributed by atoms with Crippen LogP contribution in [0.1, 0.15) is 33.1 Å². The predicted molar refractivity (Wildman–Crippen MR) is 51.1 cm³/mol. The molecule has 2 atom stereocenters. The summed E-state index contributed by atoms with van der Waals surface area (Å²) in [6.45, 7) is 7.66. The first-order valence-electron chi connectivity index (χ1n) is 5.14. The van der Waals surface area contributed by atoms with Crippen LogP contribution in [0.3, 0.4) is 0 Å². The molecule has 1 fully saturated rings. The fourth-order valence-electron chi connectivity index (χ4n) is 2.00. The van der Waals surface area contributed by atoms with Crippen LogP contribution >= 0.6 is 0 Å². The molecule has 0 aromatic heterocycles. The molecule has 1 heterocycles. The molecule has 0 spiro atoms. The number of rotatable bonds is 3. The first-order chi connectivity index (χ1) is 5.74. The maximum atomic E-state index is 9.44. The molecular weight excluding hydrogens is 150 g/mol. The van der Waals surface area contributed by atoms with Crippen molar-refractivity contribution in [3.05, 3.63) is 0 Å². The highest BCUT2D eigenvalue weighted by Crippen LogP contribution is 2.19. The summed E-state index contributed by atoms with van der Waals surface area (Å²) in [5.41, 5.74) is 0. The van der Waals surface area contributed by atoms with E-state index in [-0.39, 0.29) is 6.10 Å². The minimum absolute atomic E-state index is 0.121. The van der Waals surface area contributed by atoms with E-state index in [2.05, 4.69) is 11.8 Å². The van der Waals surface area contributed by atoms with Gasteiger partial charge in [-0.1, -0.05) is 6.92 Å². The van der Waals surface area contributed by atoms with Gasteiger partial charge in [-0.25, -0.2) is 0 Å². The second-order valence-electron chi connectivity index (χ2n) is 3.94. The molecule has 2 nitrogen and oxygen atoms in total. The zero-order valence-electron chi connectivity index (χ0n) is 8.29. The number of nitrogens with zero attached hydrogens (tertiary/aromatic N) is 1. The third-order valence-electron chi connectivity index (χ3n) is 2.76. The molecule has 1 N–H and O–H groups in total. The lowest BCUT2D eigenvalue weighted by molar-refractivity contribution is 0.0630.